The largest absolute Gasteiger partial charge is 0.497 e. The van der Waals surface area contributed by atoms with E-state index in [2.05, 4.69) is 29.2 Å². The van der Waals surface area contributed by atoms with Crippen molar-refractivity contribution in [3.05, 3.63) is 138 Å². The number of carbonyl (C=O) groups is 1. The number of esters is 1. The van der Waals surface area contributed by atoms with Crippen LogP contribution in [0.2, 0.25) is 0 Å². The van der Waals surface area contributed by atoms with Gasteiger partial charge in [-0.1, -0.05) is 103 Å². The summed E-state index contributed by atoms with van der Waals surface area (Å²) in [5, 5.41) is 0. The lowest BCUT2D eigenvalue weighted by atomic mass is 9.80. The minimum atomic E-state index is -1.17. The highest BCUT2D eigenvalue weighted by Crippen LogP contribution is 2.40. The number of rotatable bonds is 10. The number of methoxy groups -OCH3 is 1. The number of carbonyl (C=O) groups excluding carboxylic acids is 1. The molecule has 0 bridgehead atoms. The van der Waals surface area contributed by atoms with Crippen LogP contribution in [0, 0.1) is 0 Å². The summed E-state index contributed by atoms with van der Waals surface area (Å²) in [4.78, 5) is 16.4. The second-order valence-electron chi connectivity index (χ2n) is 8.35. The molecule has 4 aromatic rings. The molecule has 4 heteroatoms. The highest BCUT2D eigenvalue weighted by atomic mass is 16.5. The van der Waals surface area contributed by atoms with Gasteiger partial charge < -0.3 is 9.47 Å². The van der Waals surface area contributed by atoms with Crippen LogP contribution in [0.15, 0.2) is 115 Å². The Morgan fingerprint density at radius 1 is 0.686 bits per heavy atom. The van der Waals surface area contributed by atoms with Gasteiger partial charge in [0, 0.05) is 13.1 Å². The standard InChI is InChI=1S/C31H31NO3/c1-3-35-30(33)31(27-17-11-6-12-18-27,28-19-21-29(34-2)22-20-28)32(23-25-13-7-4-8-14-25)24-26-15-9-5-10-16-26/h4-22H,3,23-24H2,1-2H3. The van der Waals surface area contributed by atoms with Gasteiger partial charge in [0.1, 0.15) is 5.75 Å². The highest BCUT2D eigenvalue weighted by molar-refractivity contribution is 5.87. The molecule has 0 saturated carbocycles. The van der Waals surface area contributed by atoms with E-state index in [1.54, 1.807) is 7.11 Å². The summed E-state index contributed by atoms with van der Waals surface area (Å²) in [6.45, 7) is 3.24. The van der Waals surface area contributed by atoms with Gasteiger partial charge in [-0.25, -0.2) is 4.79 Å². The molecule has 178 valence electrons. The lowest BCUT2D eigenvalue weighted by Crippen LogP contribution is -2.53. The molecule has 4 nitrogen and oxygen atoms in total. The summed E-state index contributed by atoms with van der Waals surface area (Å²) in [5.74, 6) is 0.431. The zero-order valence-electron chi connectivity index (χ0n) is 20.3. The van der Waals surface area contributed by atoms with Gasteiger partial charge in [-0.3, -0.25) is 4.90 Å². The maximum absolute atomic E-state index is 14.1. The molecule has 0 radical (unpaired) electrons. The van der Waals surface area contributed by atoms with Crippen molar-refractivity contribution in [2.24, 2.45) is 0 Å². The van der Waals surface area contributed by atoms with Gasteiger partial charge in [0.2, 0.25) is 0 Å². The third kappa shape index (κ3) is 5.28. The summed E-state index contributed by atoms with van der Waals surface area (Å²) >= 11 is 0. The summed E-state index contributed by atoms with van der Waals surface area (Å²) in [6, 6.07) is 38.1. The fraction of sp³-hybridized carbons (Fsp3) is 0.194. The summed E-state index contributed by atoms with van der Waals surface area (Å²) in [5.41, 5.74) is 2.74. The molecule has 4 rings (SSSR count). The molecule has 0 spiro atoms. The van der Waals surface area contributed by atoms with Crippen LogP contribution in [0.25, 0.3) is 0 Å². The SMILES string of the molecule is CCOC(=O)C(c1ccccc1)(c1ccc(OC)cc1)N(Cc1ccccc1)Cc1ccccc1. The first kappa shape index (κ1) is 24.2. The lowest BCUT2D eigenvalue weighted by molar-refractivity contribution is -0.157. The van der Waals surface area contributed by atoms with Crippen molar-refractivity contribution in [3.8, 4) is 5.75 Å². The molecule has 0 aromatic heterocycles. The molecule has 0 aliphatic heterocycles. The smallest absolute Gasteiger partial charge is 0.335 e. The molecule has 4 aromatic carbocycles. The van der Waals surface area contributed by atoms with Gasteiger partial charge in [-0.15, -0.1) is 0 Å². The molecular formula is C31H31NO3. The van der Waals surface area contributed by atoms with Crippen LogP contribution in [0.1, 0.15) is 29.2 Å². The van der Waals surface area contributed by atoms with Crippen LogP contribution in [0.3, 0.4) is 0 Å². The summed E-state index contributed by atoms with van der Waals surface area (Å²) in [6.07, 6.45) is 0. The van der Waals surface area contributed by atoms with E-state index in [9.17, 15) is 4.79 Å². The first-order chi connectivity index (χ1) is 17.2. The van der Waals surface area contributed by atoms with Gasteiger partial charge in [0.25, 0.3) is 0 Å². The van der Waals surface area contributed by atoms with Crippen LogP contribution in [0.5, 0.6) is 5.75 Å². The number of hydrogen-bond donors (Lipinski definition) is 0. The molecule has 0 amide bonds. The molecule has 0 aliphatic rings. The zero-order valence-corrected chi connectivity index (χ0v) is 20.3. The van der Waals surface area contributed by atoms with E-state index in [0.29, 0.717) is 13.1 Å². The predicted molar refractivity (Wildman–Crippen MR) is 139 cm³/mol. The van der Waals surface area contributed by atoms with Crippen LogP contribution < -0.4 is 4.74 Å². The molecule has 0 heterocycles. The second kappa shape index (κ2) is 11.5. The molecule has 0 aliphatic carbocycles. The fourth-order valence-electron chi connectivity index (χ4n) is 4.54. The Labute approximate surface area is 207 Å². The second-order valence-corrected chi connectivity index (χ2v) is 8.35. The van der Waals surface area contributed by atoms with Crippen molar-refractivity contribution in [2.45, 2.75) is 25.6 Å². The van der Waals surface area contributed by atoms with Crippen molar-refractivity contribution in [1.29, 1.82) is 0 Å². The van der Waals surface area contributed by atoms with E-state index in [4.69, 9.17) is 9.47 Å². The number of hydrogen-bond acceptors (Lipinski definition) is 4. The maximum Gasteiger partial charge on any atom is 0.335 e. The Hall–Kier alpha value is -3.89. The van der Waals surface area contributed by atoms with E-state index in [1.807, 2.05) is 97.9 Å². The van der Waals surface area contributed by atoms with E-state index in [1.165, 1.54) is 0 Å². The maximum atomic E-state index is 14.1. The van der Waals surface area contributed by atoms with Gasteiger partial charge >= 0.3 is 5.97 Å². The quantitative estimate of drug-likeness (QED) is 0.261. The number of ether oxygens (including phenoxy) is 2. The molecule has 0 fully saturated rings. The third-order valence-electron chi connectivity index (χ3n) is 6.18. The van der Waals surface area contributed by atoms with Gasteiger partial charge in [-0.05, 0) is 41.3 Å². The van der Waals surface area contributed by atoms with Crippen LogP contribution >= 0.6 is 0 Å². The van der Waals surface area contributed by atoms with Gasteiger partial charge in [-0.2, -0.15) is 0 Å². The van der Waals surface area contributed by atoms with Crippen molar-refractivity contribution in [3.63, 3.8) is 0 Å². The Bertz CT molecular complexity index is 1150. The van der Waals surface area contributed by atoms with E-state index in [-0.39, 0.29) is 12.6 Å². The Kier molecular flexibility index (Phi) is 7.96. The Morgan fingerprint density at radius 3 is 1.60 bits per heavy atom. The van der Waals surface area contributed by atoms with Crippen molar-refractivity contribution in [2.75, 3.05) is 13.7 Å². The average molecular weight is 466 g/mol. The highest BCUT2D eigenvalue weighted by Gasteiger charge is 2.48. The Balaban J connectivity index is 1.97. The minimum Gasteiger partial charge on any atom is -0.497 e. The van der Waals surface area contributed by atoms with Crippen LogP contribution in [-0.4, -0.2) is 24.6 Å². The molecule has 0 N–H and O–H groups in total. The van der Waals surface area contributed by atoms with Gasteiger partial charge in [0.15, 0.2) is 5.54 Å². The third-order valence-corrected chi connectivity index (χ3v) is 6.18. The normalized spacial score (nSPS) is 12.7. The van der Waals surface area contributed by atoms with Crippen molar-refractivity contribution >= 4 is 5.97 Å². The zero-order chi connectivity index (χ0) is 24.5. The molecule has 1 unspecified atom stereocenters. The molecule has 35 heavy (non-hydrogen) atoms. The van der Waals surface area contributed by atoms with Crippen LogP contribution in [0.4, 0.5) is 0 Å². The van der Waals surface area contributed by atoms with Gasteiger partial charge in [0.05, 0.1) is 13.7 Å². The van der Waals surface area contributed by atoms with Crippen molar-refractivity contribution < 1.29 is 14.3 Å². The predicted octanol–water partition coefficient (Wildman–Crippen LogP) is 6.20. The molecule has 0 saturated heterocycles. The monoisotopic (exact) mass is 465 g/mol. The summed E-state index contributed by atoms with van der Waals surface area (Å²) < 4.78 is 11.2. The minimum absolute atomic E-state index is 0.286. The van der Waals surface area contributed by atoms with E-state index < -0.39 is 5.54 Å². The van der Waals surface area contributed by atoms with E-state index in [0.717, 1.165) is 28.0 Å². The average Bonchev–Trinajstić information content (AvgIpc) is 2.91. The first-order valence-corrected chi connectivity index (χ1v) is 11.9. The topological polar surface area (TPSA) is 38.8 Å². The first-order valence-electron chi connectivity index (χ1n) is 11.9. The lowest BCUT2D eigenvalue weighted by Gasteiger charge is -2.43. The molecule has 1 atom stereocenters. The van der Waals surface area contributed by atoms with Crippen LogP contribution in [-0.2, 0) is 28.2 Å². The summed E-state index contributed by atoms with van der Waals surface area (Å²) in [7, 11) is 1.64. The van der Waals surface area contributed by atoms with Crippen molar-refractivity contribution in [1.82, 2.24) is 4.90 Å². The van der Waals surface area contributed by atoms with E-state index >= 15 is 0 Å². The number of benzene rings is 4. The molecular weight excluding hydrogens is 434 g/mol. The Morgan fingerprint density at radius 2 is 1.14 bits per heavy atom. The number of nitrogens with zero attached hydrogens (tertiary/aromatic N) is 1. The fourth-order valence-corrected chi connectivity index (χ4v) is 4.54.